The number of benzene rings is 2. The van der Waals surface area contributed by atoms with E-state index >= 15 is 0 Å². The van der Waals surface area contributed by atoms with Crippen molar-refractivity contribution < 1.29 is 32.7 Å². The minimum atomic E-state index is -1.96. The van der Waals surface area contributed by atoms with Crippen molar-refractivity contribution in [1.29, 1.82) is 0 Å². The van der Waals surface area contributed by atoms with Crippen LogP contribution in [-0.2, 0) is 16.1 Å². The number of halogens is 3. The third-order valence-electron chi connectivity index (χ3n) is 4.48. The molecule has 0 amide bonds. The number of aliphatic hydroxyl groups is 1. The van der Waals surface area contributed by atoms with Gasteiger partial charge in [-0.25, -0.2) is 13.6 Å². The van der Waals surface area contributed by atoms with E-state index in [0.717, 1.165) is 18.7 Å². The SMILES string of the molecule is CCCCOC(=O)C(C=NCc1ccccc1)=C(O)c1c(F)c(C)c(F)c(F)c1[N+](=O)[O-]. The molecule has 2 rings (SSSR count). The van der Waals surface area contributed by atoms with E-state index < -0.39 is 56.5 Å². The second kappa shape index (κ2) is 11.1. The van der Waals surface area contributed by atoms with Crippen LogP contribution in [0.5, 0.6) is 0 Å². The monoisotopic (exact) mass is 450 g/mol. The fraction of sp³-hybridized carbons (Fsp3) is 0.273. The van der Waals surface area contributed by atoms with E-state index in [1.54, 1.807) is 30.3 Å². The zero-order chi connectivity index (χ0) is 23.8. The fourth-order valence-electron chi connectivity index (χ4n) is 2.71. The molecule has 0 heterocycles. The number of nitro benzene ring substituents is 1. The Hall–Kier alpha value is -3.69. The number of aliphatic imine (C=N–C) groups is 1. The topological polar surface area (TPSA) is 102 Å². The molecule has 0 unspecified atom stereocenters. The minimum Gasteiger partial charge on any atom is -0.506 e. The number of carbonyl (C=O) groups is 1. The molecule has 2 aromatic rings. The molecular formula is C22H21F3N2O5. The van der Waals surface area contributed by atoms with Crippen LogP contribution in [0.15, 0.2) is 40.9 Å². The highest BCUT2D eigenvalue weighted by Gasteiger charge is 2.35. The van der Waals surface area contributed by atoms with Crippen molar-refractivity contribution in [3.63, 3.8) is 0 Å². The number of carbonyl (C=O) groups excluding carboxylic acids is 1. The Morgan fingerprint density at radius 3 is 2.44 bits per heavy atom. The summed E-state index contributed by atoms with van der Waals surface area (Å²) in [7, 11) is 0. The molecule has 2 aromatic carbocycles. The zero-order valence-corrected chi connectivity index (χ0v) is 17.4. The third-order valence-corrected chi connectivity index (χ3v) is 4.48. The number of rotatable bonds is 9. The van der Waals surface area contributed by atoms with E-state index in [4.69, 9.17) is 4.74 Å². The maximum atomic E-state index is 14.7. The summed E-state index contributed by atoms with van der Waals surface area (Å²) < 4.78 is 47.8. The lowest BCUT2D eigenvalue weighted by Crippen LogP contribution is -2.15. The Kier molecular flexibility index (Phi) is 8.51. The molecule has 0 saturated heterocycles. The van der Waals surface area contributed by atoms with Gasteiger partial charge >= 0.3 is 11.7 Å². The van der Waals surface area contributed by atoms with E-state index in [0.29, 0.717) is 12.8 Å². The van der Waals surface area contributed by atoms with Gasteiger partial charge < -0.3 is 9.84 Å². The Morgan fingerprint density at radius 2 is 1.84 bits per heavy atom. The predicted molar refractivity (Wildman–Crippen MR) is 112 cm³/mol. The van der Waals surface area contributed by atoms with E-state index in [2.05, 4.69) is 4.99 Å². The summed E-state index contributed by atoms with van der Waals surface area (Å²) in [5, 5.41) is 21.9. The molecule has 0 aliphatic rings. The van der Waals surface area contributed by atoms with Gasteiger partial charge in [-0.15, -0.1) is 0 Å². The zero-order valence-electron chi connectivity index (χ0n) is 17.4. The standard InChI is InChI=1S/C22H21F3N2O5/c1-3-4-10-32-22(29)15(12-26-11-14-8-6-5-7-9-14)21(28)16-17(23)13(2)18(24)19(25)20(16)27(30)31/h5-9,12,28H,3-4,10-11H2,1-2H3. The van der Waals surface area contributed by atoms with Gasteiger partial charge in [-0.3, -0.25) is 15.1 Å². The lowest BCUT2D eigenvalue weighted by molar-refractivity contribution is -0.388. The van der Waals surface area contributed by atoms with Crippen LogP contribution in [0.4, 0.5) is 18.9 Å². The summed E-state index contributed by atoms with van der Waals surface area (Å²) in [5.41, 5.74) is -3.79. The third kappa shape index (κ3) is 5.51. The Morgan fingerprint density at radius 1 is 1.19 bits per heavy atom. The normalized spacial score (nSPS) is 12.0. The van der Waals surface area contributed by atoms with Crippen LogP contribution in [0.1, 0.15) is 36.5 Å². The second-order valence-electron chi connectivity index (χ2n) is 6.75. The average Bonchev–Trinajstić information content (AvgIpc) is 2.77. The van der Waals surface area contributed by atoms with Crippen molar-refractivity contribution in [2.45, 2.75) is 33.2 Å². The van der Waals surface area contributed by atoms with Crippen molar-refractivity contribution in [2.75, 3.05) is 6.61 Å². The number of esters is 1. The molecule has 1 N–H and O–H groups in total. The highest BCUT2D eigenvalue weighted by molar-refractivity contribution is 6.15. The summed E-state index contributed by atoms with van der Waals surface area (Å²) in [4.78, 5) is 26.4. The van der Waals surface area contributed by atoms with Gasteiger partial charge in [-0.1, -0.05) is 43.7 Å². The smallest absolute Gasteiger partial charge is 0.343 e. The van der Waals surface area contributed by atoms with Gasteiger partial charge in [0.15, 0.2) is 5.82 Å². The van der Waals surface area contributed by atoms with Crippen molar-refractivity contribution in [2.24, 2.45) is 4.99 Å². The Labute approximate surface area is 182 Å². The number of nitrogens with zero attached hydrogens (tertiary/aromatic N) is 2. The van der Waals surface area contributed by atoms with Crippen molar-refractivity contribution in [1.82, 2.24) is 0 Å². The van der Waals surface area contributed by atoms with E-state index in [9.17, 15) is 33.2 Å². The molecule has 170 valence electrons. The summed E-state index contributed by atoms with van der Waals surface area (Å²) >= 11 is 0. The molecule has 0 atom stereocenters. The molecular weight excluding hydrogens is 429 g/mol. The molecule has 10 heteroatoms. The number of hydrogen-bond donors (Lipinski definition) is 1. The predicted octanol–water partition coefficient (Wildman–Crippen LogP) is 5.20. The van der Waals surface area contributed by atoms with Gasteiger partial charge in [0.05, 0.1) is 18.1 Å². The van der Waals surface area contributed by atoms with Crippen LogP contribution < -0.4 is 0 Å². The molecule has 7 nitrogen and oxygen atoms in total. The lowest BCUT2D eigenvalue weighted by Gasteiger charge is -2.11. The van der Waals surface area contributed by atoms with Crippen molar-refractivity contribution >= 4 is 23.6 Å². The first kappa shape index (κ1) is 24.6. The number of nitro groups is 1. The Bertz CT molecular complexity index is 1070. The summed E-state index contributed by atoms with van der Waals surface area (Å²) in [6, 6.07) is 8.76. The first-order chi connectivity index (χ1) is 15.2. The maximum Gasteiger partial charge on any atom is 0.343 e. The second-order valence-corrected chi connectivity index (χ2v) is 6.75. The maximum absolute atomic E-state index is 14.7. The average molecular weight is 450 g/mol. The summed E-state index contributed by atoms with van der Waals surface area (Å²) in [6.45, 7) is 2.70. The van der Waals surface area contributed by atoms with Gasteiger partial charge in [0, 0.05) is 11.8 Å². The van der Waals surface area contributed by atoms with Gasteiger partial charge in [-0.05, 0) is 18.9 Å². The minimum absolute atomic E-state index is 0.0416. The molecule has 0 fully saturated rings. The molecule has 0 bridgehead atoms. The highest BCUT2D eigenvalue weighted by atomic mass is 19.2. The summed E-state index contributed by atoms with van der Waals surface area (Å²) in [5.74, 6) is -7.74. The van der Waals surface area contributed by atoms with Gasteiger partial charge in [0.1, 0.15) is 22.7 Å². The first-order valence-electron chi connectivity index (χ1n) is 9.66. The van der Waals surface area contributed by atoms with Crippen LogP contribution in [0, 0.1) is 34.5 Å². The molecule has 0 aliphatic heterocycles. The van der Waals surface area contributed by atoms with Crippen LogP contribution in [0.3, 0.4) is 0 Å². The molecule has 0 saturated carbocycles. The van der Waals surface area contributed by atoms with Gasteiger partial charge in [0.2, 0.25) is 5.82 Å². The number of hydrogen-bond acceptors (Lipinski definition) is 6. The van der Waals surface area contributed by atoms with E-state index in [-0.39, 0.29) is 13.2 Å². The molecule has 0 spiro atoms. The van der Waals surface area contributed by atoms with E-state index in [1.807, 2.05) is 6.92 Å². The Balaban J connectivity index is 2.63. The highest BCUT2D eigenvalue weighted by Crippen LogP contribution is 2.35. The number of ether oxygens (including phenoxy) is 1. The number of aliphatic hydroxyl groups excluding tert-OH is 1. The molecule has 32 heavy (non-hydrogen) atoms. The van der Waals surface area contributed by atoms with Crippen LogP contribution in [0.2, 0.25) is 0 Å². The largest absolute Gasteiger partial charge is 0.506 e. The quantitative estimate of drug-likeness (QED) is 0.0827. The van der Waals surface area contributed by atoms with Crippen LogP contribution in [-0.4, -0.2) is 28.8 Å². The molecule has 0 aliphatic carbocycles. The van der Waals surface area contributed by atoms with Crippen molar-refractivity contribution in [3.05, 3.63) is 80.2 Å². The van der Waals surface area contributed by atoms with Gasteiger partial charge in [-0.2, -0.15) is 4.39 Å². The first-order valence-corrected chi connectivity index (χ1v) is 9.66. The van der Waals surface area contributed by atoms with Crippen LogP contribution in [0.25, 0.3) is 5.76 Å². The fourth-order valence-corrected chi connectivity index (χ4v) is 2.71. The van der Waals surface area contributed by atoms with E-state index in [1.165, 1.54) is 0 Å². The summed E-state index contributed by atoms with van der Waals surface area (Å²) in [6.07, 6.45) is 2.03. The lowest BCUT2D eigenvalue weighted by atomic mass is 10.0. The number of unbranched alkanes of at least 4 members (excludes halogenated alkanes) is 1. The molecule has 0 aromatic heterocycles. The van der Waals surface area contributed by atoms with Crippen LogP contribution >= 0.6 is 0 Å². The van der Waals surface area contributed by atoms with Gasteiger partial charge in [0.25, 0.3) is 0 Å². The van der Waals surface area contributed by atoms with Crippen molar-refractivity contribution in [3.8, 4) is 0 Å². The molecule has 0 radical (unpaired) electrons.